The molecule has 1 N–H and O–H groups in total. The van der Waals surface area contributed by atoms with E-state index in [1.54, 1.807) is 26.2 Å². The quantitative estimate of drug-likeness (QED) is 0.882. The van der Waals surface area contributed by atoms with Crippen molar-refractivity contribution in [1.82, 2.24) is 4.90 Å². The standard InChI is InChI=1S/C17H19ClN2O3S/c1-12-4-6-13(7-5-12)11-24(22,23)19-14-8-9-15(16(18)10-14)17(21)20(2)3/h4-10,19H,11H2,1-3H3. The Hall–Kier alpha value is -2.05. The smallest absolute Gasteiger partial charge is 0.254 e. The van der Waals surface area contributed by atoms with Gasteiger partial charge in [-0.1, -0.05) is 41.4 Å². The highest BCUT2D eigenvalue weighted by atomic mass is 35.5. The molecule has 5 nitrogen and oxygen atoms in total. The van der Waals surface area contributed by atoms with Gasteiger partial charge >= 0.3 is 0 Å². The van der Waals surface area contributed by atoms with Gasteiger partial charge in [0.1, 0.15) is 0 Å². The number of anilines is 1. The summed E-state index contributed by atoms with van der Waals surface area (Å²) in [5.74, 6) is -0.377. The number of sulfonamides is 1. The molecule has 0 atom stereocenters. The van der Waals surface area contributed by atoms with Gasteiger partial charge in [0.25, 0.3) is 5.91 Å². The van der Waals surface area contributed by atoms with Gasteiger partial charge < -0.3 is 4.90 Å². The van der Waals surface area contributed by atoms with Crippen molar-refractivity contribution in [2.45, 2.75) is 12.7 Å². The van der Waals surface area contributed by atoms with Crippen LogP contribution in [0.1, 0.15) is 21.5 Å². The number of halogens is 1. The highest BCUT2D eigenvalue weighted by Gasteiger charge is 2.16. The van der Waals surface area contributed by atoms with E-state index in [0.29, 0.717) is 16.8 Å². The maximum absolute atomic E-state index is 12.3. The van der Waals surface area contributed by atoms with Crippen LogP contribution in [0.3, 0.4) is 0 Å². The lowest BCUT2D eigenvalue weighted by molar-refractivity contribution is 0.0828. The molecule has 7 heteroatoms. The lowest BCUT2D eigenvalue weighted by Crippen LogP contribution is -2.22. The van der Waals surface area contributed by atoms with Gasteiger partial charge in [0.05, 0.1) is 22.0 Å². The van der Waals surface area contributed by atoms with Crippen LogP contribution in [0.2, 0.25) is 5.02 Å². The molecular weight excluding hydrogens is 348 g/mol. The molecule has 0 saturated heterocycles. The minimum atomic E-state index is -3.57. The fourth-order valence-corrected chi connectivity index (χ4v) is 3.56. The summed E-state index contributed by atoms with van der Waals surface area (Å²) in [6, 6.07) is 11.8. The zero-order chi connectivity index (χ0) is 17.9. The van der Waals surface area contributed by atoms with E-state index in [9.17, 15) is 13.2 Å². The maximum Gasteiger partial charge on any atom is 0.254 e. The second-order valence-corrected chi connectivity index (χ2v) is 7.87. The van der Waals surface area contributed by atoms with Crippen LogP contribution in [0.4, 0.5) is 5.69 Å². The normalized spacial score (nSPS) is 11.2. The fourth-order valence-electron chi connectivity index (χ4n) is 2.11. The number of rotatable bonds is 5. The van der Waals surface area contributed by atoms with Crippen LogP contribution in [0.15, 0.2) is 42.5 Å². The summed E-state index contributed by atoms with van der Waals surface area (Å²) in [6.07, 6.45) is 0. The first-order chi connectivity index (χ1) is 11.2. The molecule has 0 saturated carbocycles. The third kappa shape index (κ3) is 4.72. The first-order valence-corrected chi connectivity index (χ1v) is 9.28. The van der Waals surface area contributed by atoms with Gasteiger partial charge in [0, 0.05) is 14.1 Å². The number of nitrogens with one attached hydrogen (secondary N) is 1. The van der Waals surface area contributed by atoms with Crippen molar-refractivity contribution in [3.8, 4) is 0 Å². The molecule has 128 valence electrons. The molecule has 0 unspecified atom stereocenters. The Balaban J connectivity index is 2.16. The molecule has 0 bridgehead atoms. The Bertz CT molecular complexity index is 847. The number of hydrogen-bond donors (Lipinski definition) is 1. The molecule has 0 aliphatic heterocycles. The molecule has 0 heterocycles. The van der Waals surface area contributed by atoms with Gasteiger partial charge in [0.2, 0.25) is 10.0 Å². The summed E-state index contributed by atoms with van der Waals surface area (Å²) >= 11 is 6.09. The van der Waals surface area contributed by atoms with Crippen molar-refractivity contribution in [1.29, 1.82) is 0 Å². The first kappa shape index (κ1) is 18.3. The predicted octanol–water partition coefficient (Wildman–Crippen LogP) is 3.29. The van der Waals surface area contributed by atoms with Crippen molar-refractivity contribution >= 4 is 33.2 Å². The Kier molecular flexibility index (Phi) is 5.51. The Morgan fingerprint density at radius 1 is 1.12 bits per heavy atom. The molecule has 2 rings (SSSR count). The molecule has 24 heavy (non-hydrogen) atoms. The summed E-state index contributed by atoms with van der Waals surface area (Å²) in [4.78, 5) is 13.3. The average Bonchev–Trinajstić information content (AvgIpc) is 2.48. The molecule has 0 aliphatic carbocycles. The molecule has 2 aromatic rings. The van der Waals surface area contributed by atoms with Crippen LogP contribution in [0.25, 0.3) is 0 Å². The third-order valence-corrected chi connectivity index (χ3v) is 4.93. The number of carbonyl (C=O) groups excluding carboxylic acids is 1. The van der Waals surface area contributed by atoms with Crippen molar-refractivity contribution in [2.75, 3.05) is 18.8 Å². The van der Waals surface area contributed by atoms with Gasteiger partial charge in [-0.05, 0) is 30.7 Å². The highest BCUT2D eigenvalue weighted by Crippen LogP contribution is 2.23. The summed E-state index contributed by atoms with van der Waals surface area (Å²) < 4.78 is 27.0. The van der Waals surface area contributed by atoms with Crippen molar-refractivity contribution < 1.29 is 13.2 Å². The highest BCUT2D eigenvalue weighted by molar-refractivity contribution is 7.91. The Morgan fingerprint density at radius 2 is 1.75 bits per heavy atom. The van der Waals surface area contributed by atoms with Crippen LogP contribution in [0.5, 0.6) is 0 Å². The van der Waals surface area contributed by atoms with E-state index in [-0.39, 0.29) is 16.7 Å². The third-order valence-electron chi connectivity index (χ3n) is 3.36. The zero-order valence-electron chi connectivity index (χ0n) is 13.7. The molecule has 1 amide bonds. The van der Waals surface area contributed by atoms with Crippen molar-refractivity contribution in [3.63, 3.8) is 0 Å². The largest absolute Gasteiger partial charge is 0.345 e. The molecular formula is C17H19ClN2O3S. The second kappa shape index (κ2) is 7.23. The molecule has 0 aromatic heterocycles. The number of aryl methyl sites for hydroxylation is 1. The number of nitrogens with zero attached hydrogens (tertiary/aromatic N) is 1. The van der Waals surface area contributed by atoms with Crippen molar-refractivity contribution in [3.05, 3.63) is 64.2 Å². The monoisotopic (exact) mass is 366 g/mol. The first-order valence-electron chi connectivity index (χ1n) is 7.25. The lowest BCUT2D eigenvalue weighted by atomic mass is 10.2. The van der Waals surface area contributed by atoms with Crippen LogP contribution in [-0.2, 0) is 15.8 Å². The number of carbonyl (C=O) groups is 1. The summed E-state index contributed by atoms with van der Waals surface area (Å²) in [5.41, 5.74) is 2.40. The van der Waals surface area contributed by atoms with Gasteiger partial charge in [-0.15, -0.1) is 0 Å². The topological polar surface area (TPSA) is 66.5 Å². The maximum atomic E-state index is 12.3. The van der Waals surface area contributed by atoms with E-state index in [2.05, 4.69) is 4.72 Å². The fraction of sp³-hybridized carbons (Fsp3) is 0.235. The lowest BCUT2D eigenvalue weighted by Gasteiger charge is -2.13. The minimum Gasteiger partial charge on any atom is -0.345 e. The zero-order valence-corrected chi connectivity index (χ0v) is 15.3. The van der Waals surface area contributed by atoms with Gasteiger partial charge in [-0.3, -0.25) is 9.52 Å². The molecule has 2 aromatic carbocycles. The van der Waals surface area contributed by atoms with E-state index in [1.807, 2.05) is 19.1 Å². The van der Waals surface area contributed by atoms with Crippen LogP contribution in [-0.4, -0.2) is 33.3 Å². The van der Waals surface area contributed by atoms with Gasteiger partial charge in [-0.2, -0.15) is 0 Å². The average molecular weight is 367 g/mol. The minimum absolute atomic E-state index is 0.136. The van der Waals surface area contributed by atoms with Gasteiger partial charge in [-0.25, -0.2) is 8.42 Å². The predicted molar refractivity (Wildman–Crippen MR) is 96.9 cm³/mol. The van der Waals surface area contributed by atoms with Gasteiger partial charge in [0.15, 0.2) is 0 Å². The molecule has 0 fully saturated rings. The summed E-state index contributed by atoms with van der Waals surface area (Å²) in [7, 11) is -0.327. The van der Waals surface area contributed by atoms with E-state index in [0.717, 1.165) is 5.56 Å². The number of hydrogen-bond acceptors (Lipinski definition) is 3. The second-order valence-electron chi connectivity index (χ2n) is 5.74. The number of benzene rings is 2. The van der Waals surface area contributed by atoms with Crippen LogP contribution >= 0.6 is 11.6 Å². The van der Waals surface area contributed by atoms with E-state index in [1.165, 1.54) is 23.1 Å². The SMILES string of the molecule is Cc1ccc(CS(=O)(=O)Nc2ccc(C(=O)N(C)C)c(Cl)c2)cc1. The van der Waals surface area contributed by atoms with Crippen LogP contribution < -0.4 is 4.72 Å². The van der Waals surface area contributed by atoms with E-state index in [4.69, 9.17) is 11.6 Å². The van der Waals surface area contributed by atoms with E-state index >= 15 is 0 Å². The summed E-state index contributed by atoms with van der Waals surface area (Å²) in [5, 5.41) is 0.198. The molecule has 0 radical (unpaired) electrons. The van der Waals surface area contributed by atoms with Crippen molar-refractivity contribution in [2.24, 2.45) is 0 Å². The van der Waals surface area contributed by atoms with Crippen LogP contribution in [0, 0.1) is 6.92 Å². The Labute approximate surface area is 147 Å². The summed E-state index contributed by atoms with van der Waals surface area (Å²) in [6.45, 7) is 1.94. The number of amides is 1. The Morgan fingerprint density at radius 3 is 2.29 bits per heavy atom. The molecule has 0 spiro atoms. The van der Waals surface area contributed by atoms with E-state index < -0.39 is 10.0 Å². The molecule has 0 aliphatic rings.